The zero-order chi connectivity index (χ0) is 14.8. The molecule has 1 aromatic carbocycles. The monoisotopic (exact) mass is 282 g/mol. The molecule has 1 atom stereocenters. The summed E-state index contributed by atoms with van der Waals surface area (Å²) in [5.41, 5.74) is 1.05. The zero-order valence-corrected chi connectivity index (χ0v) is 12.1. The van der Waals surface area contributed by atoms with Crippen LogP contribution in [0.2, 0.25) is 0 Å². The van der Waals surface area contributed by atoms with E-state index in [-0.39, 0.29) is 24.3 Å². The number of ether oxygens (including phenoxy) is 1. The summed E-state index contributed by atoms with van der Waals surface area (Å²) >= 11 is 0. The van der Waals surface area contributed by atoms with E-state index in [1.165, 1.54) is 12.1 Å². The molecule has 0 heterocycles. The average molecular weight is 282 g/mol. The van der Waals surface area contributed by atoms with Crippen LogP contribution in [0.3, 0.4) is 0 Å². The molecule has 0 aliphatic heterocycles. The predicted molar refractivity (Wildman–Crippen MR) is 77.1 cm³/mol. The first-order valence-electron chi connectivity index (χ1n) is 6.85. The SMILES string of the molecule is COCCCNC(=O)CNC(C)Cc1ccc(F)cc1. The van der Waals surface area contributed by atoms with Crippen LogP contribution < -0.4 is 10.6 Å². The number of rotatable bonds is 9. The molecule has 20 heavy (non-hydrogen) atoms. The van der Waals surface area contributed by atoms with Gasteiger partial charge < -0.3 is 15.4 Å². The third kappa shape index (κ3) is 7.21. The summed E-state index contributed by atoms with van der Waals surface area (Å²) in [6, 6.07) is 6.58. The van der Waals surface area contributed by atoms with Crippen molar-refractivity contribution in [1.29, 1.82) is 0 Å². The Morgan fingerprint density at radius 1 is 1.35 bits per heavy atom. The number of carbonyl (C=O) groups is 1. The maximum atomic E-state index is 12.8. The van der Waals surface area contributed by atoms with E-state index in [9.17, 15) is 9.18 Å². The lowest BCUT2D eigenvalue weighted by molar-refractivity contribution is -0.120. The molecular formula is C15H23FN2O2. The molecule has 0 saturated carbocycles. The van der Waals surface area contributed by atoms with Crippen molar-refractivity contribution < 1.29 is 13.9 Å². The van der Waals surface area contributed by atoms with Crippen LogP contribution in [0.5, 0.6) is 0 Å². The van der Waals surface area contributed by atoms with E-state index in [0.29, 0.717) is 13.2 Å². The van der Waals surface area contributed by atoms with Crippen LogP contribution in [0.1, 0.15) is 18.9 Å². The van der Waals surface area contributed by atoms with Gasteiger partial charge in [0.2, 0.25) is 5.91 Å². The molecule has 0 spiro atoms. The Morgan fingerprint density at radius 2 is 2.05 bits per heavy atom. The van der Waals surface area contributed by atoms with E-state index < -0.39 is 0 Å². The van der Waals surface area contributed by atoms with E-state index in [0.717, 1.165) is 18.4 Å². The lowest BCUT2D eigenvalue weighted by Crippen LogP contribution is -2.39. The fourth-order valence-electron chi connectivity index (χ4n) is 1.82. The number of benzene rings is 1. The molecule has 1 aromatic rings. The number of nitrogens with one attached hydrogen (secondary N) is 2. The number of amides is 1. The van der Waals surface area contributed by atoms with Crippen LogP contribution >= 0.6 is 0 Å². The fourth-order valence-corrected chi connectivity index (χ4v) is 1.82. The lowest BCUT2D eigenvalue weighted by Gasteiger charge is -2.14. The summed E-state index contributed by atoms with van der Waals surface area (Å²) in [4.78, 5) is 11.5. The van der Waals surface area contributed by atoms with Crippen LogP contribution in [-0.2, 0) is 16.0 Å². The van der Waals surface area contributed by atoms with Gasteiger partial charge in [0, 0.05) is 26.3 Å². The Bertz CT molecular complexity index is 395. The number of halogens is 1. The highest BCUT2D eigenvalue weighted by Crippen LogP contribution is 2.05. The van der Waals surface area contributed by atoms with Gasteiger partial charge in [0.05, 0.1) is 6.54 Å². The van der Waals surface area contributed by atoms with Gasteiger partial charge in [-0.3, -0.25) is 4.79 Å². The predicted octanol–water partition coefficient (Wildman–Crippen LogP) is 1.50. The third-order valence-corrected chi connectivity index (χ3v) is 2.91. The smallest absolute Gasteiger partial charge is 0.233 e. The first kappa shape index (κ1) is 16.6. The van der Waals surface area contributed by atoms with Crippen LogP contribution in [-0.4, -0.2) is 38.8 Å². The van der Waals surface area contributed by atoms with Crippen molar-refractivity contribution in [2.24, 2.45) is 0 Å². The van der Waals surface area contributed by atoms with Gasteiger partial charge in [0.1, 0.15) is 5.82 Å². The molecule has 0 radical (unpaired) electrons. The molecule has 1 unspecified atom stereocenters. The number of hydrogen-bond acceptors (Lipinski definition) is 3. The molecule has 0 bridgehead atoms. The molecule has 4 nitrogen and oxygen atoms in total. The second-order valence-electron chi connectivity index (χ2n) is 4.81. The second kappa shape index (κ2) is 9.44. The summed E-state index contributed by atoms with van der Waals surface area (Å²) < 4.78 is 17.7. The Kier molecular flexibility index (Phi) is 7.84. The average Bonchev–Trinajstić information content (AvgIpc) is 2.44. The van der Waals surface area contributed by atoms with Crippen molar-refractivity contribution >= 4 is 5.91 Å². The number of methoxy groups -OCH3 is 1. The molecule has 2 N–H and O–H groups in total. The van der Waals surface area contributed by atoms with Crippen LogP contribution in [0.4, 0.5) is 4.39 Å². The molecule has 0 aliphatic carbocycles. The van der Waals surface area contributed by atoms with E-state index in [1.54, 1.807) is 19.2 Å². The Morgan fingerprint density at radius 3 is 2.70 bits per heavy atom. The van der Waals surface area contributed by atoms with Crippen molar-refractivity contribution in [3.63, 3.8) is 0 Å². The van der Waals surface area contributed by atoms with Gasteiger partial charge in [-0.05, 0) is 37.5 Å². The molecule has 0 saturated heterocycles. The molecule has 0 aliphatic rings. The molecule has 1 rings (SSSR count). The van der Waals surface area contributed by atoms with E-state index in [1.807, 2.05) is 6.92 Å². The number of hydrogen-bond donors (Lipinski definition) is 2. The van der Waals surface area contributed by atoms with Gasteiger partial charge in [0.15, 0.2) is 0 Å². The van der Waals surface area contributed by atoms with Gasteiger partial charge in [0.25, 0.3) is 0 Å². The topological polar surface area (TPSA) is 50.4 Å². The normalized spacial score (nSPS) is 12.2. The quantitative estimate of drug-likeness (QED) is 0.675. The van der Waals surface area contributed by atoms with Crippen molar-refractivity contribution in [2.75, 3.05) is 26.8 Å². The molecular weight excluding hydrogens is 259 g/mol. The summed E-state index contributed by atoms with van der Waals surface area (Å²) in [5, 5.41) is 5.96. The van der Waals surface area contributed by atoms with E-state index in [2.05, 4.69) is 10.6 Å². The number of carbonyl (C=O) groups excluding carboxylic acids is 1. The molecule has 5 heteroatoms. The largest absolute Gasteiger partial charge is 0.385 e. The minimum absolute atomic E-state index is 0.0212. The van der Waals surface area contributed by atoms with Crippen molar-refractivity contribution in [3.05, 3.63) is 35.6 Å². The lowest BCUT2D eigenvalue weighted by atomic mass is 10.1. The van der Waals surface area contributed by atoms with Gasteiger partial charge in [-0.25, -0.2) is 4.39 Å². The van der Waals surface area contributed by atoms with Gasteiger partial charge in [-0.2, -0.15) is 0 Å². The summed E-state index contributed by atoms with van der Waals surface area (Å²) in [7, 11) is 1.64. The third-order valence-electron chi connectivity index (χ3n) is 2.91. The first-order valence-corrected chi connectivity index (χ1v) is 6.85. The highest BCUT2D eigenvalue weighted by Gasteiger charge is 2.06. The van der Waals surface area contributed by atoms with Gasteiger partial charge >= 0.3 is 0 Å². The van der Waals surface area contributed by atoms with E-state index >= 15 is 0 Å². The Labute approximate surface area is 119 Å². The summed E-state index contributed by atoms with van der Waals surface area (Å²) in [6.07, 6.45) is 1.57. The Balaban J connectivity index is 2.17. The van der Waals surface area contributed by atoms with Gasteiger partial charge in [-0.15, -0.1) is 0 Å². The minimum Gasteiger partial charge on any atom is -0.385 e. The van der Waals surface area contributed by atoms with Crippen LogP contribution in [0, 0.1) is 5.82 Å². The standard InChI is InChI=1S/C15H23FN2O2/c1-12(10-13-4-6-14(16)7-5-13)18-11-15(19)17-8-3-9-20-2/h4-7,12,18H,3,8-11H2,1-2H3,(H,17,19). The molecule has 112 valence electrons. The van der Waals surface area contributed by atoms with Crippen molar-refractivity contribution in [1.82, 2.24) is 10.6 Å². The van der Waals surface area contributed by atoms with Crippen LogP contribution in [0.25, 0.3) is 0 Å². The zero-order valence-electron chi connectivity index (χ0n) is 12.1. The summed E-state index contributed by atoms with van der Waals surface area (Å²) in [5.74, 6) is -0.253. The summed E-state index contributed by atoms with van der Waals surface area (Å²) in [6.45, 7) is 3.56. The first-order chi connectivity index (χ1) is 9.61. The minimum atomic E-state index is -0.232. The maximum absolute atomic E-state index is 12.8. The molecule has 0 fully saturated rings. The Hall–Kier alpha value is -1.46. The van der Waals surface area contributed by atoms with E-state index in [4.69, 9.17) is 4.74 Å². The highest BCUT2D eigenvalue weighted by atomic mass is 19.1. The van der Waals surface area contributed by atoms with Crippen molar-refractivity contribution in [2.45, 2.75) is 25.8 Å². The van der Waals surface area contributed by atoms with Gasteiger partial charge in [-0.1, -0.05) is 12.1 Å². The van der Waals surface area contributed by atoms with Crippen LogP contribution in [0.15, 0.2) is 24.3 Å². The maximum Gasteiger partial charge on any atom is 0.233 e. The van der Waals surface area contributed by atoms with Crippen molar-refractivity contribution in [3.8, 4) is 0 Å². The second-order valence-corrected chi connectivity index (χ2v) is 4.81. The highest BCUT2D eigenvalue weighted by molar-refractivity contribution is 5.77. The fraction of sp³-hybridized carbons (Fsp3) is 0.533. The molecule has 1 amide bonds. The molecule has 0 aromatic heterocycles.